The molecule has 0 amide bonds. The molecule has 0 aliphatic carbocycles. The van der Waals surface area contributed by atoms with Gasteiger partial charge in [-0.05, 0) is 66.7 Å². The van der Waals surface area contributed by atoms with E-state index in [1.165, 1.54) is 0 Å². The molecule has 2 unspecified atom stereocenters. The molecule has 1 saturated heterocycles. The second-order valence-electron chi connectivity index (χ2n) is 5.65. The lowest BCUT2D eigenvalue weighted by molar-refractivity contribution is 0.243. The van der Waals surface area contributed by atoms with E-state index in [9.17, 15) is 8.42 Å². The highest BCUT2D eigenvalue weighted by Gasteiger charge is 2.31. The number of hydrogen-bond acceptors (Lipinski definition) is 4. The first-order valence-corrected chi connectivity index (χ1v) is 9.77. The molecule has 0 radical (unpaired) electrons. The summed E-state index contributed by atoms with van der Waals surface area (Å²) in [5, 5.41) is 0. The Morgan fingerprint density at radius 3 is 2.74 bits per heavy atom. The van der Waals surface area contributed by atoms with E-state index in [1.807, 2.05) is 13.8 Å². The lowest BCUT2D eigenvalue weighted by Crippen LogP contribution is -2.44. The van der Waals surface area contributed by atoms with E-state index >= 15 is 0 Å². The monoisotopic (exact) mass is 426 g/mol. The van der Waals surface area contributed by atoms with Crippen LogP contribution in [0.4, 0.5) is 0 Å². The zero-order valence-corrected chi connectivity index (χ0v) is 16.6. The minimum absolute atomic E-state index is 0. The van der Waals surface area contributed by atoms with E-state index in [4.69, 9.17) is 10.5 Å². The van der Waals surface area contributed by atoms with E-state index in [0.717, 1.165) is 12.8 Å². The Labute approximate surface area is 153 Å². The molecule has 2 rings (SSSR count). The molecular weight excluding hydrogens is 404 g/mol. The van der Waals surface area contributed by atoms with Crippen LogP contribution in [0.15, 0.2) is 27.6 Å². The molecule has 23 heavy (non-hydrogen) atoms. The molecule has 0 aromatic heterocycles. The van der Waals surface area contributed by atoms with Crippen LogP contribution in [0, 0.1) is 5.92 Å². The van der Waals surface area contributed by atoms with Crippen molar-refractivity contribution >= 4 is 38.4 Å². The van der Waals surface area contributed by atoms with Gasteiger partial charge in [-0.1, -0.05) is 0 Å². The van der Waals surface area contributed by atoms with Crippen molar-refractivity contribution in [2.45, 2.75) is 37.6 Å². The van der Waals surface area contributed by atoms with Crippen LogP contribution in [-0.4, -0.2) is 38.5 Å². The molecule has 1 aromatic carbocycles. The van der Waals surface area contributed by atoms with Gasteiger partial charge in [0.25, 0.3) is 0 Å². The van der Waals surface area contributed by atoms with Crippen LogP contribution in [0.2, 0.25) is 0 Å². The molecule has 1 aliphatic rings. The Hall–Kier alpha value is -0.340. The third-order valence-electron chi connectivity index (χ3n) is 4.01. The Kier molecular flexibility index (Phi) is 7.80. The Morgan fingerprint density at radius 2 is 2.17 bits per heavy atom. The fourth-order valence-electron chi connectivity index (χ4n) is 2.69. The third kappa shape index (κ3) is 4.82. The second kappa shape index (κ2) is 8.67. The molecule has 132 valence electrons. The summed E-state index contributed by atoms with van der Waals surface area (Å²) < 4.78 is 33.2. The van der Waals surface area contributed by atoms with Gasteiger partial charge in [-0.3, -0.25) is 0 Å². The highest BCUT2D eigenvalue weighted by atomic mass is 79.9. The van der Waals surface area contributed by atoms with E-state index in [0.29, 0.717) is 29.9 Å². The van der Waals surface area contributed by atoms with Crippen molar-refractivity contribution in [2.24, 2.45) is 11.7 Å². The second-order valence-corrected chi connectivity index (χ2v) is 8.44. The maximum absolute atomic E-state index is 12.8. The van der Waals surface area contributed by atoms with Gasteiger partial charge in [0.2, 0.25) is 10.0 Å². The van der Waals surface area contributed by atoms with Gasteiger partial charge < -0.3 is 10.5 Å². The van der Waals surface area contributed by atoms with Gasteiger partial charge in [0.1, 0.15) is 5.75 Å². The predicted octanol–water partition coefficient (Wildman–Crippen LogP) is 3.02. The van der Waals surface area contributed by atoms with Crippen LogP contribution in [-0.2, 0) is 10.0 Å². The fraction of sp³-hybridized carbons (Fsp3) is 0.600. The molecule has 1 aliphatic heterocycles. The predicted molar refractivity (Wildman–Crippen MR) is 97.7 cm³/mol. The average molecular weight is 428 g/mol. The topological polar surface area (TPSA) is 72.6 Å². The summed E-state index contributed by atoms with van der Waals surface area (Å²) in [4.78, 5) is 0.285. The number of halogens is 2. The number of nitrogens with zero attached hydrogens (tertiary/aromatic N) is 1. The Morgan fingerprint density at radius 1 is 1.48 bits per heavy atom. The van der Waals surface area contributed by atoms with Crippen molar-refractivity contribution in [2.75, 3.05) is 19.7 Å². The lowest BCUT2D eigenvalue weighted by atomic mass is 9.93. The first-order valence-electron chi connectivity index (χ1n) is 7.54. The first kappa shape index (κ1) is 20.7. The van der Waals surface area contributed by atoms with Gasteiger partial charge in [-0.2, -0.15) is 4.31 Å². The fourth-order valence-corrected chi connectivity index (χ4v) is 4.89. The number of benzene rings is 1. The van der Waals surface area contributed by atoms with E-state index in [-0.39, 0.29) is 29.3 Å². The molecule has 2 atom stereocenters. The van der Waals surface area contributed by atoms with Crippen LogP contribution in [0.1, 0.15) is 26.7 Å². The van der Waals surface area contributed by atoms with Gasteiger partial charge in [0, 0.05) is 19.1 Å². The Bertz CT molecular complexity index is 625. The van der Waals surface area contributed by atoms with E-state index < -0.39 is 10.0 Å². The smallest absolute Gasteiger partial charge is 0.243 e. The van der Waals surface area contributed by atoms with Crippen LogP contribution >= 0.6 is 28.3 Å². The zero-order valence-electron chi connectivity index (χ0n) is 13.4. The van der Waals surface area contributed by atoms with Crippen molar-refractivity contribution in [1.82, 2.24) is 4.31 Å². The highest BCUT2D eigenvalue weighted by molar-refractivity contribution is 9.10. The molecule has 5 nitrogen and oxygen atoms in total. The van der Waals surface area contributed by atoms with Crippen molar-refractivity contribution in [3.8, 4) is 5.75 Å². The van der Waals surface area contributed by atoms with Gasteiger partial charge in [-0.25, -0.2) is 8.42 Å². The molecule has 1 heterocycles. The number of nitrogens with two attached hydrogens (primary N) is 1. The minimum Gasteiger partial charge on any atom is -0.493 e. The summed E-state index contributed by atoms with van der Waals surface area (Å²) in [5.41, 5.74) is 5.94. The third-order valence-corrected chi connectivity index (χ3v) is 6.49. The molecule has 0 bridgehead atoms. The van der Waals surface area contributed by atoms with Crippen molar-refractivity contribution in [3.63, 3.8) is 0 Å². The van der Waals surface area contributed by atoms with E-state index in [1.54, 1.807) is 22.5 Å². The van der Waals surface area contributed by atoms with Gasteiger partial charge in [-0.15, -0.1) is 12.4 Å². The number of ether oxygens (including phenoxy) is 1. The number of piperidine rings is 1. The van der Waals surface area contributed by atoms with Crippen molar-refractivity contribution in [1.29, 1.82) is 0 Å². The zero-order chi connectivity index (χ0) is 16.3. The summed E-state index contributed by atoms with van der Waals surface area (Å²) in [5.74, 6) is 0.864. The van der Waals surface area contributed by atoms with Gasteiger partial charge in [0.05, 0.1) is 16.0 Å². The SMILES string of the molecule is CCOc1ccc(S(=O)(=O)N2CCCC(C(C)N)C2)cc1Br.Cl. The number of rotatable bonds is 5. The minimum atomic E-state index is -3.49. The molecule has 1 fully saturated rings. The lowest BCUT2D eigenvalue weighted by Gasteiger charge is -2.33. The molecule has 0 saturated carbocycles. The molecule has 2 N–H and O–H groups in total. The summed E-state index contributed by atoms with van der Waals surface area (Å²) in [6.07, 6.45) is 1.83. The van der Waals surface area contributed by atoms with Crippen molar-refractivity contribution < 1.29 is 13.2 Å². The number of hydrogen-bond donors (Lipinski definition) is 1. The molecule has 8 heteroatoms. The maximum Gasteiger partial charge on any atom is 0.243 e. The normalized spacial score (nSPS) is 20.6. The molecular formula is C15H24BrClN2O3S. The maximum atomic E-state index is 12.8. The number of sulfonamides is 1. The molecule has 0 spiro atoms. The standard InChI is InChI=1S/C15H23BrN2O3S.ClH/c1-3-21-15-7-6-13(9-14(15)16)22(19,20)18-8-4-5-12(10-18)11(2)17;/h6-7,9,11-12H,3-5,8,10,17H2,1-2H3;1H. The van der Waals surface area contributed by atoms with Crippen LogP contribution in [0.3, 0.4) is 0 Å². The molecule has 1 aromatic rings. The van der Waals surface area contributed by atoms with Gasteiger partial charge in [0.15, 0.2) is 0 Å². The largest absolute Gasteiger partial charge is 0.493 e. The summed E-state index contributed by atoms with van der Waals surface area (Å²) in [6, 6.07) is 4.90. The Balaban J connectivity index is 0.00000264. The van der Waals surface area contributed by atoms with Crippen LogP contribution in [0.25, 0.3) is 0 Å². The quantitative estimate of drug-likeness (QED) is 0.784. The van der Waals surface area contributed by atoms with Crippen molar-refractivity contribution in [3.05, 3.63) is 22.7 Å². The van der Waals surface area contributed by atoms with E-state index in [2.05, 4.69) is 15.9 Å². The van der Waals surface area contributed by atoms with Crippen LogP contribution in [0.5, 0.6) is 5.75 Å². The highest BCUT2D eigenvalue weighted by Crippen LogP contribution is 2.31. The summed E-state index contributed by atoms with van der Waals surface area (Å²) in [6.45, 7) is 5.40. The summed E-state index contributed by atoms with van der Waals surface area (Å²) >= 11 is 3.37. The first-order chi connectivity index (χ1) is 10.4. The van der Waals surface area contributed by atoms with Crippen LogP contribution < -0.4 is 10.5 Å². The average Bonchev–Trinajstić information content (AvgIpc) is 2.49. The van der Waals surface area contributed by atoms with Gasteiger partial charge >= 0.3 is 0 Å². The summed E-state index contributed by atoms with van der Waals surface area (Å²) in [7, 11) is -3.49.